The van der Waals surface area contributed by atoms with Gasteiger partial charge in [-0.3, -0.25) is 0 Å². The third-order valence-electron chi connectivity index (χ3n) is 3.62. The van der Waals surface area contributed by atoms with Gasteiger partial charge in [-0.15, -0.1) is 11.6 Å². The SMILES string of the molecule is COc1ccccc1Cn1c(CCl)nc2cc(C)ccc21. The van der Waals surface area contributed by atoms with Crippen molar-refractivity contribution in [3.05, 3.63) is 59.4 Å². The van der Waals surface area contributed by atoms with E-state index in [0.29, 0.717) is 12.4 Å². The molecule has 4 heteroatoms. The Morgan fingerprint density at radius 1 is 1.19 bits per heavy atom. The molecule has 0 radical (unpaired) electrons. The van der Waals surface area contributed by atoms with Gasteiger partial charge in [0, 0.05) is 5.56 Å². The Hall–Kier alpha value is -2.00. The van der Waals surface area contributed by atoms with E-state index in [1.807, 2.05) is 18.2 Å². The van der Waals surface area contributed by atoms with Gasteiger partial charge in [-0.1, -0.05) is 24.3 Å². The molecule has 0 aliphatic heterocycles. The van der Waals surface area contributed by atoms with Crippen LogP contribution in [0, 0.1) is 6.92 Å². The molecule has 0 saturated carbocycles. The number of imidazole rings is 1. The third-order valence-corrected chi connectivity index (χ3v) is 3.86. The number of ether oxygens (including phenoxy) is 1. The quantitative estimate of drug-likeness (QED) is 0.677. The summed E-state index contributed by atoms with van der Waals surface area (Å²) in [5.74, 6) is 2.15. The molecule has 0 bridgehead atoms. The van der Waals surface area contributed by atoms with Gasteiger partial charge in [-0.25, -0.2) is 4.98 Å². The molecule has 3 rings (SSSR count). The Balaban J connectivity index is 2.11. The second-order valence-corrected chi connectivity index (χ2v) is 5.32. The summed E-state index contributed by atoms with van der Waals surface area (Å²) in [6.07, 6.45) is 0. The van der Waals surface area contributed by atoms with Gasteiger partial charge in [0.15, 0.2) is 0 Å². The van der Waals surface area contributed by atoms with Crippen LogP contribution in [0.25, 0.3) is 11.0 Å². The number of halogens is 1. The van der Waals surface area contributed by atoms with E-state index < -0.39 is 0 Å². The average molecular weight is 301 g/mol. The maximum Gasteiger partial charge on any atom is 0.125 e. The molecule has 3 aromatic rings. The number of methoxy groups -OCH3 is 1. The van der Waals surface area contributed by atoms with Crippen molar-refractivity contribution in [2.24, 2.45) is 0 Å². The molecule has 2 aromatic carbocycles. The summed E-state index contributed by atoms with van der Waals surface area (Å²) >= 11 is 6.07. The molecule has 0 aliphatic rings. The number of fused-ring (bicyclic) bond motifs is 1. The van der Waals surface area contributed by atoms with E-state index in [4.69, 9.17) is 16.3 Å². The minimum absolute atomic E-state index is 0.392. The molecule has 0 fully saturated rings. The van der Waals surface area contributed by atoms with Gasteiger partial charge in [-0.2, -0.15) is 0 Å². The number of aryl methyl sites for hydroxylation is 1. The van der Waals surface area contributed by atoms with Crippen molar-refractivity contribution >= 4 is 22.6 Å². The number of hydrogen-bond donors (Lipinski definition) is 0. The van der Waals surface area contributed by atoms with Crippen LogP contribution in [-0.4, -0.2) is 16.7 Å². The second-order valence-electron chi connectivity index (χ2n) is 5.05. The summed E-state index contributed by atoms with van der Waals surface area (Å²) in [5, 5.41) is 0. The maximum atomic E-state index is 6.07. The number of alkyl halides is 1. The standard InChI is InChI=1S/C17H17ClN2O/c1-12-7-8-15-14(9-12)19-17(10-18)20(15)11-13-5-3-4-6-16(13)21-2/h3-9H,10-11H2,1-2H3. The first-order valence-corrected chi connectivity index (χ1v) is 7.40. The number of para-hydroxylation sites is 1. The lowest BCUT2D eigenvalue weighted by molar-refractivity contribution is 0.408. The molecule has 3 nitrogen and oxygen atoms in total. The molecule has 1 heterocycles. The monoisotopic (exact) mass is 300 g/mol. The van der Waals surface area contributed by atoms with Gasteiger partial charge >= 0.3 is 0 Å². The molecule has 0 unspecified atom stereocenters. The van der Waals surface area contributed by atoms with Crippen molar-refractivity contribution in [1.82, 2.24) is 9.55 Å². The summed E-state index contributed by atoms with van der Waals surface area (Å²) in [4.78, 5) is 4.63. The molecule has 0 saturated heterocycles. The first-order chi connectivity index (χ1) is 10.2. The fourth-order valence-corrected chi connectivity index (χ4v) is 2.78. The fourth-order valence-electron chi connectivity index (χ4n) is 2.57. The zero-order chi connectivity index (χ0) is 14.8. The molecule has 0 atom stereocenters. The van der Waals surface area contributed by atoms with E-state index in [0.717, 1.165) is 28.2 Å². The summed E-state index contributed by atoms with van der Waals surface area (Å²) < 4.78 is 7.58. The number of rotatable bonds is 4. The van der Waals surface area contributed by atoms with Crippen molar-refractivity contribution < 1.29 is 4.74 Å². The Labute approximate surface area is 129 Å². The molecule has 0 aliphatic carbocycles. The maximum absolute atomic E-state index is 6.07. The van der Waals surface area contributed by atoms with Crippen LogP contribution in [0.5, 0.6) is 5.75 Å². The molecule has 1 aromatic heterocycles. The van der Waals surface area contributed by atoms with Crippen molar-refractivity contribution in [2.75, 3.05) is 7.11 Å². The smallest absolute Gasteiger partial charge is 0.125 e. The highest BCUT2D eigenvalue weighted by atomic mass is 35.5. The number of hydrogen-bond acceptors (Lipinski definition) is 2. The summed E-state index contributed by atoms with van der Waals surface area (Å²) in [6.45, 7) is 2.77. The lowest BCUT2D eigenvalue weighted by atomic mass is 10.2. The average Bonchev–Trinajstić information content (AvgIpc) is 2.84. The number of aromatic nitrogens is 2. The fraction of sp³-hybridized carbons (Fsp3) is 0.235. The Morgan fingerprint density at radius 2 is 2.00 bits per heavy atom. The van der Waals surface area contributed by atoms with Gasteiger partial charge in [0.25, 0.3) is 0 Å². The Morgan fingerprint density at radius 3 is 2.76 bits per heavy atom. The van der Waals surface area contributed by atoms with E-state index in [9.17, 15) is 0 Å². The summed E-state index contributed by atoms with van der Waals surface area (Å²) in [7, 11) is 1.69. The third kappa shape index (κ3) is 2.61. The van der Waals surface area contributed by atoms with E-state index in [1.165, 1.54) is 5.56 Å². The highest BCUT2D eigenvalue weighted by molar-refractivity contribution is 6.16. The lowest BCUT2D eigenvalue weighted by Crippen LogP contribution is -2.05. The molecule has 21 heavy (non-hydrogen) atoms. The van der Waals surface area contributed by atoms with Crippen molar-refractivity contribution in [3.8, 4) is 5.75 Å². The predicted octanol–water partition coefficient (Wildman–Crippen LogP) is 4.14. The highest BCUT2D eigenvalue weighted by Gasteiger charge is 2.12. The van der Waals surface area contributed by atoms with Crippen molar-refractivity contribution in [1.29, 1.82) is 0 Å². The van der Waals surface area contributed by atoms with Gasteiger partial charge in [0.2, 0.25) is 0 Å². The van der Waals surface area contributed by atoms with Gasteiger partial charge in [0.05, 0.1) is 30.6 Å². The van der Waals surface area contributed by atoms with E-state index >= 15 is 0 Å². The Bertz CT molecular complexity index is 780. The zero-order valence-electron chi connectivity index (χ0n) is 12.1. The minimum atomic E-state index is 0.392. The van der Waals surface area contributed by atoms with E-state index in [2.05, 4.69) is 40.7 Å². The second kappa shape index (κ2) is 5.78. The van der Waals surface area contributed by atoms with E-state index in [1.54, 1.807) is 7.11 Å². The van der Waals surface area contributed by atoms with Crippen molar-refractivity contribution in [2.45, 2.75) is 19.3 Å². The zero-order valence-corrected chi connectivity index (χ0v) is 12.9. The van der Waals surface area contributed by atoms with Crippen LogP contribution in [-0.2, 0) is 12.4 Å². The normalized spacial score (nSPS) is 11.0. The first-order valence-electron chi connectivity index (χ1n) is 6.86. The lowest BCUT2D eigenvalue weighted by Gasteiger charge is -2.11. The molecular formula is C17H17ClN2O. The van der Waals surface area contributed by atoms with Crippen LogP contribution >= 0.6 is 11.6 Å². The molecule has 0 amide bonds. The number of benzene rings is 2. The number of nitrogens with zero attached hydrogens (tertiary/aromatic N) is 2. The van der Waals surface area contributed by atoms with Gasteiger partial charge in [-0.05, 0) is 30.7 Å². The molecule has 0 N–H and O–H groups in total. The van der Waals surface area contributed by atoms with E-state index in [-0.39, 0.29) is 0 Å². The molecular weight excluding hydrogens is 284 g/mol. The first kappa shape index (κ1) is 14.0. The highest BCUT2D eigenvalue weighted by Crippen LogP contribution is 2.24. The van der Waals surface area contributed by atoms with Crippen LogP contribution in [0.4, 0.5) is 0 Å². The van der Waals surface area contributed by atoms with Crippen LogP contribution < -0.4 is 4.74 Å². The van der Waals surface area contributed by atoms with Gasteiger partial charge < -0.3 is 9.30 Å². The van der Waals surface area contributed by atoms with Crippen LogP contribution in [0.15, 0.2) is 42.5 Å². The Kier molecular flexibility index (Phi) is 3.84. The minimum Gasteiger partial charge on any atom is -0.496 e. The van der Waals surface area contributed by atoms with Crippen LogP contribution in [0.2, 0.25) is 0 Å². The van der Waals surface area contributed by atoms with Crippen LogP contribution in [0.1, 0.15) is 17.0 Å². The molecule has 0 spiro atoms. The summed E-state index contributed by atoms with van der Waals surface area (Å²) in [6, 6.07) is 14.3. The largest absolute Gasteiger partial charge is 0.496 e. The molecule has 108 valence electrons. The predicted molar refractivity (Wildman–Crippen MR) is 86.1 cm³/mol. The van der Waals surface area contributed by atoms with Gasteiger partial charge in [0.1, 0.15) is 11.6 Å². The van der Waals surface area contributed by atoms with Crippen LogP contribution in [0.3, 0.4) is 0 Å². The van der Waals surface area contributed by atoms with Crippen molar-refractivity contribution in [3.63, 3.8) is 0 Å². The topological polar surface area (TPSA) is 27.1 Å². The summed E-state index contributed by atoms with van der Waals surface area (Å²) in [5.41, 5.74) is 4.40.